The second-order valence-electron chi connectivity index (χ2n) is 8.90. The summed E-state index contributed by atoms with van der Waals surface area (Å²) in [5.41, 5.74) is 4.10. The van der Waals surface area contributed by atoms with Gasteiger partial charge in [0.15, 0.2) is 5.82 Å². The summed E-state index contributed by atoms with van der Waals surface area (Å²) >= 11 is 0. The summed E-state index contributed by atoms with van der Waals surface area (Å²) < 4.78 is 5.50. The van der Waals surface area contributed by atoms with Gasteiger partial charge in [-0.1, -0.05) is 49.3 Å². The molecule has 10 heteroatoms. The Morgan fingerprint density at radius 1 is 1.11 bits per heavy atom. The summed E-state index contributed by atoms with van der Waals surface area (Å²) in [5, 5.41) is 23.6. The van der Waals surface area contributed by atoms with Crippen LogP contribution in [0.15, 0.2) is 59.3 Å². The van der Waals surface area contributed by atoms with Crippen molar-refractivity contribution in [3.05, 3.63) is 71.7 Å². The van der Waals surface area contributed by atoms with Crippen LogP contribution in [0.3, 0.4) is 0 Å². The molecule has 10 nitrogen and oxygen atoms in total. The molecule has 184 valence electrons. The fourth-order valence-corrected chi connectivity index (χ4v) is 3.96. The number of aliphatic hydroxyl groups excluding tert-OH is 1. The molecular formula is C26H27N7O3. The third-order valence-electron chi connectivity index (χ3n) is 5.93. The zero-order chi connectivity index (χ0) is 25.1. The Morgan fingerprint density at radius 2 is 1.94 bits per heavy atom. The molecule has 5 rings (SSSR count). The van der Waals surface area contributed by atoms with Crippen molar-refractivity contribution in [2.24, 2.45) is 0 Å². The number of rotatable bonds is 8. The van der Waals surface area contributed by atoms with Crippen LogP contribution in [0.4, 0.5) is 23.1 Å². The smallest absolute Gasteiger partial charge is 0.263 e. The molecule has 4 aromatic rings. The van der Waals surface area contributed by atoms with E-state index in [1.165, 1.54) is 0 Å². The lowest BCUT2D eigenvalue weighted by molar-refractivity contribution is -0.116. The number of aryl methyl sites for hydroxylation is 1. The van der Waals surface area contributed by atoms with Crippen molar-refractivity contribution in [1.82, 2.24) is 20.1 Å². The highest BCUT2D eigenvalue weighted by atomic mass is 16.5. The molecule has 1 aliphatic heterocycles. The fraction of sp³-hybridized carbons (Fsp3) is 0.269. The van der Waals surface area contributed by atoms with Crippen LogP contribution < -0.4 is 16.0 Å². The monoisotopic (exact) mass is 485 g/mol. The van der Waals surface area contributed by atoms with Gasteiger partial charge in [-0.25, -0.2) is 4.98 Å². The Morgan fingerprint density at radius 3 is 2.69 bits per heavy atom. The summed E-state index contributed by atoms with van der Waals surface area (Å²) in [6.07, 6.45) is 2.75. The first-order valence-corrected chi connectivity index (χ1v) is 11.8. The predicted octanol–water partition coefficient (Wildman–Crippen LogP) is 4.42. The minimum absolute atomic E-state index is 0.0244. The van der Waals surface area contributed by atoms with E-state index in [4.69, 9.17) is 9.51 Å². The van der Waals surface area contributed by atoms with Gasteiger partial charge >= 0.3 is 0 Å². The third-order valence-corrected chi connectivity index (χ3v) is 5.93. The molecule has 0 unspecified atom stereocenters. The van der Waals surface area contributed by atoms with Crippen molar-refractivity contribution >= 4 is 29.0 Å². The van der Waals surface area contributed by atoms with Crippen LogP contribution in [0.5, 0.6) is 0 Å². The molecule has 0 radical (unpaired) electrons. The van der Waals surface area contributed by atoms with Gasteiger partial charge < -0.3 is 25.6 Å². The topological polar surface area (TPSA) is 138 Å². The number of hydrogen-bond acceptors (Lipinski definition) is 9. The van der Waals surface area contributed by atoms with Gasteiger partial charge in [-0.2, -0.15) is 9.97 Å². The first kappa shape index (κ1) is 23.4. The molecule has 36 heavy (non-hydrogen) atoms. The molecule has 3 heterocycles. The van der Waals surface area contributed by atoms with Gasteiger partial charge in [0.25, 0.3) is 5.89 Å². The van der Waals surface area contributed by atoms with E-state index in [2.05, 4.69) is 31.1 Å². The summed E-state index contributed by atoms with van der Waals surface area (Å²) in [7, 11) is 0. The molecule has 0 fully saturated rings. The van der Waals surface area contributed by atoms with E-state index >= 15 is 0 Å². The van der Waals surface area contributed by atoms with E-state index in [0.29, 0.717) is 41.9 Å². The lowest BCUT2D eigenvalue weighted by atomic mass is 10.0. The van der Waals surface area contributed by atoms with Crippen molar-refractivity contribution < 1.29 is 14.4 Å². The van der Waals surface area contributed by atoms with Gasteiger partial charge in [0.2, 0.25) is 11.9 Å². The molecule has 0 spiro atoms. The Labute approximate surface area is 208 Å². The maximum atomic E-state index is 11.7. The number of benzene rings is 2. The Kier molecular flexibility index (Phi) is 6.59. The summed E-state index contributed by atoms with van der Waals surface area (Å²) in [4.78, 5) is 25.3. The zero-order valence-electron chi connectivity index (χ0n) is 20.0. The number of nitrogens with zero attached hydrogens (tertiary/aromatic N) is 4. The van der Waals surface area contributed by atoms with Crippen molar-refractivity contribution in [3.8, 4) is 11.5 Å². The van der Waals surface area contributed by atoms with Gasteiger partial charge in [0, 0.05) is 29.9 Å². The first-order chi connectivity index (χ1) is 17.5. The average molecular weight is 486 g/mol. The van der Waals surface area contributed by atoms with Crippen LogP contribution in [0, 0.1) is 0 Å². The number of fused-ring (bicyclic) bond motifs is 1. The third kappa shape index (κ3) is 5.03. The van der Waals surface area contributed by atoms with Gasteiger partial charge in [-0.05, 0) is 35.7 Å². The molecular weight excluding hydrogens is 458 g/mol. The molecule has 0 saturated carbocycles. The van der Waals surface area contributed by atoms with E-state index < -0.39 is 6.04 Å². The van der Waals surface area contributed by atoms with Gasteiger partial charge in [0.1, 0.15) is 11.4 Å². The van der Waals surface area contributed by atoms with Crippen LogP contribution in [0.2, 0.25) is 0 Å². The van der Waals surface area contributed by atoms with Crippen LogP contribution >= 0.6 is 0 Å². The highest BCUT2D eigenvalue weighted by molar-refractivity contribution is 5.94. The Bertz CT molecular complexity index is 1370. The maximum absolute atomic E-state index is 11.7. The Balaban J connectivity index is 1.48. The minimum Gasteiger partial charge on any atom is -0.394 e. The molecule has 2 aromatic heterocycles. The molecule has 0 saturated heterocycles. The summed E-state index contributed by atoms with van der Waals surface area (Å²) in [5.74, 6) is 1.80. The van der Waals surface area contributed by atoms with Gasteiger partial charge in [-0.3, -0.25) is 4.79 Å². The molecule has 1 amide bonds. The largest absolute Gasteiger partial charge is 0.394 e. The number of carbonyl (C=O) groups excluding carboxylic acids is 1. The average Bonchev–Trinajstić information content (AvgIpc) is 3.39. The number of nitrogens with one attached hydrogen (secondary N) is 3. The second-order valence-corrected chi connectivity index (χ2v) is 8.90. The van der Waals surface area contributed by atoms with Gasteiger partial charge in [-0.15, -0.1) is 0 Å². The van der Waals surface area contributed by atoms with Crippen molar-refractivity contribution in [2.45, 2.75) is 38.6 Å². The number of hydrogen-bond donors (Lipinski definition) is 4. The molecule has 0 bridgehead atoms. The van der Waals surface area contributed by atoms with E-state index in [0.717, 1.165) is 22.5 Å². The lowest BCUT2D eigenvalue weighted by Crippen LogP contribution is -2.19. The van der Waals surface area contributed by atoms with Crippen molar-refractivity contribution in [1.29, 1.82) is 0 Å². The SMILES string of the molecule is CC(C)c1noc(-c2cnc(Nc3ccc4c(c3)CCC(=O)N4)nc2N[C@H](CO)c2ccccc2)n1. The van der Waals surface area contributed by atoms with E-state index in [9.17, 15) is 9.90 Å². The number of carbonyl (C=O) groups is 1. The molecule has 0 aliphatic carbocycles. The standard InChI is InChI=1S/C26H27N7O3/c1-15(2)23-31-25(36-33-23)19-13-27-26(28-18-9-10-20-17(12-18)8-11-22(35)29-20)32-24(19)30-21(14-34)16-6-4-3-5-7-16/h3-7,9-10,12-13,15,21,34H,8,11,14H2,1-2H3,(H,29,35)(H2,27,28,30,32)/t21-/m1/s1. The van der Waals surface area contributed by atoms with E-state index in [1.54, 1.807) is 6.20 Å². The molecule has 1 atom stereocenters. The van der Waals surface area contributed by atoms with Crippen molar-refractivity contribution in [2.75, 3.05) is 22.6 Å². The predicted molar refractivity (Wildman–Crippen MR) is 136 cm³/mol. The molecule has 1 aliphatic rings. The van der Waals surface area contributed by atoms with E-state index in [1.807, 2.05) is 62.4 Å². The number of aliphatic hydroxyl groups is 1. The molecule has 4 N–H and O–H groups in total. The number of anilines is 4. The van der Waals surface area contributed by atoms with E-state index in [-0.39, 0.29) is 18.4 Å². The quantitative estimate of drug-likeness (QED) is 0.286. The highest BCUT2D eigenvalue weighted by Crippen LogP contribution is 2.31. The summed E-state index contributed by atoms with van der Waals surface area (Å²) in [6, 6.07) is 14.9. The normalized spacial score (nSPS) is 13.7. The van der Waals surface area contributed by atoms with Crippen molar-refractivity contribution in [3.63, 3.8) is 0 Å². The highest BCUT2D eigenvalue weighted by Gasteiger charge is 2.21. The van der Waals surface area contributed by atoms with Crippen LogP contribution in [-0.2, 0) is 11.2 Å². The van der Waals surface area contributed by atoms with Crippen LogP contribution in [-0.4, -0.2) is 37.7 Å². The fourth-order valence-electron chi connectivity index (χ4n) is 3.96. The maximum Gasteiger partial charge on any atom is 0.263 e. The minimum atomic E-state index is -0.410. The zero-order valence-corrected chi connectivity index (χ0v) is 20.0. The number of aromatic nitrogens is 4. The Hall–Kier alpha value is -4.31. The number of amides is 1. The summed E-state index contributed by atoms with van der Waals surface area (Å²) in [6.45, 7) is 3.82. The first-order valence-electron chi connectivity index (χ1n) is 11.8. The lowest BCUT2D eigenvalue weighted by Gasteiger charge is -2.20. The second kappa shape index (κ2) is 10.1. The van der Waals surface area contributed by atoms with Crippen LogP contribution in [0.25, 0.3) is 11.5 Å². The molecule has 2 aromatic carbocycles. The van der Waals surface area contributed by atoms with Gasteiger partial charge in [0.05, 0.1) is 12.6 Å². The van der Waals surface area contributed by atoms with Crippen LogP contribution in [0.1, 0.15) is 49.2 Å².